The van der Waals surface area contributed by atoms with E-state index in [2.05, 4.69) is 53.8 Å². The van der Waals surface area contributed by atoms with Crippen molar-refractivity contribution in [3.05, 3.63) is 35.4 Å². The minimum atomic E-state index is 0.840. The third-order valence-electron chi connectivity index (χ3n) is 6.66. The Balaban J connectivity index is 1.46. The molecule has 3 rings (SSSR count). The van der Waals surface area contributed by atoms with Crippen LogP contribution in [-0.2, 0) is 6.42 Å². The van der Waals surface area contributed by atoms with Crippen LogP contribution in [-0.4, -0.2) is 3.92 Å². The van der Waals surface area contributed by atoms with Gasteiger partial charge >= 0.3 is 0 Å². The molecule has 0 aliphatic heterocycles. The lowest BCUT2D eigenvalue weighted by molar-refractivity contribution is 0.190. The Morgan fingerprint density at radius 3 is 1.96 bits per heavy atom. The number of aryl methyl sites for hydroxylation is 1. The summed E-state index contributed by atoms with van der Waals surface area (Å²) < 4.78 is 0.964. The fraction of sp³-hybridized carbons (Fsp3) is 0.739. The van der Waals surface area contributed by atoms with Crippen LogP contribution in [0.2, 0.25) is 0 Å². The zero-order valence-electron chi connectivity index (χ0n) is 15.5. The first-order valence-electron chi connectivity index (χ1n) is 10.5. The van der Waals surface area contributed by atoms with E-state index in [9.17, 15) is 0 Å². The summed E-state index contributed by atoms with van der Waals surface area (Å²) in [7, 11) is 0. The fourth-order valence-corrected chi connectivity index (χ4v) is 5.73. The lowest BCUT2D eigenvalue weighted by Gasteiger charge is -2.37. The third-order valence-corrected chi connectivity index (χ3v) is 7.91. The lowest BCUT2D eigenvalue weighted by atomic mass is 9.70. The van der Waals surface area contributed by atoms with Crippen LogP contribution in [0.5, 0.6) is 0 Å². The van der Waals surface area contributed by atoms with Crippen molar-refractivity contribution in [2.24, 2.45) is 11.8 Å². The molecule has 24 heavy (non-hydrogen) atoms. The Labute approximate surface area is 163 Å². The van der Waals surface area contributed by atoms with Crippen molar-refractivity contribution >= 4 is 22.6 Å². The summed E-state index contributed by atoms with van der Waals surface area (Å²) in [5.74, 6) is 2.93. The van der Waals surface area contributed by atoms with Crippen LogP contribution < -0.4 is 0 Å². The van der Waals surface area contributed by atoms with Gasteiger partial charge in [-0.2, -0.15) is 0 Å². The van der Waals surface area contributed by atoms with Crippen molar-refractivity contribution in [1.29, 1.82) is 0 Å². The minimum Gasteiger partial charge on any atom is -0.0826 e. The molecule has 0 unspecified atom stereocenters. The summed E-state index contributed by atoms with van der Waals surface area (Å²) in [4.78, 5) is 0. The molecule has 1 aromatic rings. The number of alkyl halides is 1. The number of halogens is 1. The molecule has 2 aliphatic rings. The van der Waals surface area contributed by atoms with Crippen molar-refractivity contribution in [3.63, 3.8) is 0 Å². The second kappa shape index (κ2) is 9.59. The summed E-state index contributed by atoms with van der Waals surface area (Å²) in [5, 5.41) is 0. The van der Waals surface area contributed by atoms with Gasteiger partial charge in [-0.15, -0.1) is 0 Å². The van der Waals surface area contributed by atoms with Gasteiger partial charge in [-0.3, -0.25) is 0 Å². The van der Waals surface area contributed by atoms with E-state index >= 15 is 0 Å². The van der Waals surface area contributed by atoms with Crippen molar-refractivity contribution < 1.29 is 0 Å². The molecule has 2 saturated carbocycles. The number of hydrogen-bond donors (Lipinski definition) is 0. The van der Waals surface area contributed by atoms with Crippen molar-refractivity contribution in [2.75, 3.05) is 0 Å². The Morgan fingerprint density at radius 1 is 0.792 bits per heavy atom. The standard InChI is InChI=1S/C23H35I/c1-2-3-4-5-18-6-8-19(9-7-18)20-10-12-21(13-11-20)22-14-16-23(24)17-15-22/h6-9,20-23H,2-5,10-17H2,1H3. The lowest BCUT2D eigenvalue weighted by Crippen LogP contribution is -2.25. The first kappa shape index (κ1) is 18.7. The van der Waals surface area contributed by atoms with Gasteiger partial charge in [-0.25, -0.2) is 0 Å². The Hall–Kier alpha value is -0.0500. The van der Waals surface area contributed by atoms with Gasteiger partial charge in [0.05, 0.1) is 0 Å². The van der Waals surface area contributed by atoms with Crippen LogP contribution in [0, 0.1) is 11.8 Å². The molecule has 1 aromatic carbocycles. The van der Waals surface area contributed by atoms with Crippen molar-refractivity contribution in [3.8, 4) is 0 Å². The van der Waals surface area contributed by atoms with E-state index in [-0.39, 0.29) is 0 Å². The van der Waals surface area contributed by atoms with Crippen LogP contribution in [0.1, 0.15) is 94.6 Å². The monoisotopic (exact) mass is 438 g/mol. The molecule has 134 valence electrons. The highest BCUT2D eigenvalue weighted by atomic mass is 127. The van der Waals surface area contributed by atoms with Gasteiger partial charge in [0.25, 0.3) is 0 Å². The molecule has 0 amide bonds. The highest BCUT2D eigenvalue weighted by Crippen LogP contribution is 2.43. The van der Waals surface area contributed by atoms with E-state index in [0.717, 1.165) is 21.7 Å². The minimum absolute atomic E-state index is 0.840. The highest BCUT2D eigenvalue weighted by molar-refractivity contribution is 14.1. The summed E-state index contributed by atoms with van der Waals surface area (Å²) >= 11 is 2.66. The van der Waals surface area contributed by atoms with Crippen LogP contribution in [0.4, 0.5) is 0 Å². The van der Waals surface area contributed by atoms with E-state index < -0.39 is 0 Å². The van der Waals surface area contributed by atoms with Crippen LogP contribution >= 0.6 is 22.6 Å². The predicted molar refractivity (Wildman–Crippen MR) is 114 cm³/mol. The van der Waals surface area contributed by atoms with Crippen LogP contribution in [0.25, 0.3) is 0 Å². The summed E-state index contributed by atoms with van der Waals surface area (Å²) in [6.07, 6.45) is 17.1. The molecule has 2 aliphatic carbocycles. The second-order valence-electron chi connectivity index (χ2n) is 8.32. The van der Waals surface area contributed by atoms with Crippen LogP contribution in [0.3, 0.4) is 0 Å². The number of benzene rings is 1. The number of hydrogen-bond acceptors (Lipinski definition) is 0. The zero-order chi connectivity index (χ0) is 16.8. The topological polar surface area (TPSA) is 0 Å². The van der Waals surface area contributed by atoms with E-state index in [4.69, 9.17) is 0 Å². The molecule has 0 N–H and O–H groups in total. The largest absolute Gasteiger partial charge is 0.0826 e. The first-order chi connectivity index (χ1) is 11.8. The summed E-state index contributed by atoms with van der Waals surface area (Å²) in [6.45, 7) is 2.28. The molecule has 0 atom stereocenters. The highest BCUT2D eigenvalue weighted by Gasteiger charge is 2.30. The summed E-state index contributed by atoms with van der Waals surface area (Å²) in [6, 6.07) is 9.68. The molecule has 0 radical (unpaired) electrons. The Bertz CT molecular complexity index is 461. The normalized spacial score (nSPS) is 31.1. The van der Waals surface area contributed by atoms with Gasteiger partial charge in [-0.05, 0) is 93.1 Å². The van der Waals surface area contributed by atoms with Gasteiger partial charge in [0.1, 0.15) is 0 Å². The zero-order valence-corrected chi connectivity index (χ0v) is 17.6. The average molecular weight is 438 g/mol. The molecule has 0 spiro atoms. The molecule has 0 aromatic heterocycles. The molecular formula is C23H35I. The molecule has 0 bridgehead atoms. The molecule has 1 heteroatoms. The van der Waals surface area contributed by atoms with Gasteiger partial charge in [0, 0.05) is 3.92 Å². The molecule has 0 heterocycles. The Morgan fingerprint density at radius 2 is 1.38 bits per heavy atom. The molecule has 0 saturated heterocycles. The van der Waals surface area contributed by atoms with E-state index in [0.29, 0.717) is 0 Å². The molecular weight excluding hydrogens is 403 g/mol. The SMILES string of the molecule is CCCCCc1ccc(C2CCC(C3CCC(I)CC3)CC2)cc1. The van der Waals surface area contributed by atoms with Crippen LogP contribution in [0.15, 0.2) is 24.3 Å². The quantitative estimate of drug-likeness (QED) is 0.243. The number of unbranched alkanes of at least 4 members (excludes halogenated alkanes) is 2. The van der Waals surface area contributed by atoms with Crippen molar-refractivity contribution in [1.82, 2.24) is 0 Å². The van der Waals surface area contributed by atoms with Gasteiger partial charge < -0.3 is 0 Å². The van der Waals surface area contributed by atoms with E-state index in [1.54, 1.807) is 5.56 Å². The molecule has 2 fully saturated rings. The smallest absolute Gasteiger partial charge is 0.0110 e. The first-order valence-corrected chi connectivity index (χ1v) is 11.7. The molecule has 0 nitrogen and oxygen atoms in total. The number of rotatable bonds is 6. The van der Waals surface area contributed by atoms with Gasteiger partial charge in [-0.1, -0.05) is 66.6 Å². The van der Waals surface area contributed by atoms with Crippen molar-refractivity contribution in [2.45, 2.75) is 93.8 Å². The fourth-order valence-electron chi connectivity index (χ4n) is 5.01. The second-order valence-corrected chi connectivity index (χ2v) is 10.1. The maximum Gasteiger partial charge on any atom is 0.0110 e. The predicted octanol–water partition coefficient (Wildman–Crippen LogP) is 7.69. The van der Waals surface area contributed by atoms with Gasteiger partial charge in [0.15, 0.2) is 0 Å². The third kappa shape index (κ3) is 5.22. The average Bonchev–Trinajstić information content (AvgIpc) is 2.63. The maximum atomic E-state index is 2.66. The summed E-state index contributed by atoms with van der Waals surface area (Å²) in [5.41, 5.74) is 3.15. The maximum absolute atomic E-state index is 2.66. The van der Waals surface area contributed by atoms with E-state index in [1.807, 2.05) is 0 Å². The van der Waals surface area contributed by atoms with E-state index in [1.165, 1.54) is 82.6 Å². The Kier molecular flexibility index (Phi) is 7.49. The van der Waals surface area contributed by atoms with Gasteiger partial charge in [0.2, 0.25) is 0 Å².